The number of imide groups is 1. The average molecular weight is 397 g/mol. The van der Waals surface area contributed by atoms with E-state index >= 15 is 0 Å². The molecule has 0 spiro atoms. The molecule has 0 bridgehead atoms. The van der Waals surface area contributed by atoms with E-state index in [4.69, 9.17) is 4.74 Å². The summed E-state index contributed by atoms with van der Waals surface area (Å²) in [4.78, 5) is 25.3. The van der Waals surface area contributed by atoms with Crippen LogP contribution in [0, 0.1) is 0 Å². The van der Waals surface area contributed by atoms with E-state index in [0.717, 1.165) is 35.1 Å². The lowest BCUT2D eigenvalue weighted by atomic mass is 9.79. The van der Waals surface area contributed by atoms with Gasteiger partial charge in [0.05, 0.1) is 33.0 Å². The van der Waals surface area contributed by atoms with Gasteiger partial charge in [0.1, 0.15) is 11.4 Å². The SMILES string of the molecule is COc1ccc2c(c1)CCCC2(O)CNC(=O)N1CCN(S(C)(=O)=O)C1=O. The molecule has 2 aliphatic rings. The number of carbonyl (C=O) groups is 2. The highest BCUT2D eigenvalue weighted by Crippen LogP contribution is 2.36. The minimum absolute atomic E-state index is 0.0239. The maximum atomic E-state index is 12.4. The van der Waals surface area contributed by atoms with Gasteiger partial charge in [-0.25, -0.2) is 27.2 Å². The number of carbonyl (C=O) groups excluding carboxylic acids is 2. The van der Waals surface area contributed by atoms with E-state index in [9.17, 15) is 23.1 Å². The van der Waals surface area contributed by atoms with Gasteiger partial charge in [-0.05, 0) is 42.5 Å². The van der Waals surface area contributed by atoms with Gasteiger partial charge in [0.2, 0.25) is 10.0 Å². The Bertz CT molecular complexity index is 871. The van der Waals surface area contributed by atoms with Gasteiger partial charge in [-0.2, -0.15) is 0 Å². The molecule has 1 aromatic rings. The van der Waals surface area contributed by atoms with Crippen LogP contribution in [-0.2, 0) is 22.0 Å². The fourth-order valence-electron chi connectivity index (χ4n) is 3.58. The molecule has 0 aromatic heterocycles. The summed E-state index contributed by atoms with van der Waals surface area (Å²) in [6.45, 7) is -0.171. The number of benzene rings is 1. The lowest BCUT2D eigenvalue weighted by molar-refractivity contribution is 0.0208. The van der Waals surface area contributed by atoms with Crippen molar-refractivity contribution in [2.45, 2.75) is 24.9 Å². The Hall–Kier alpha value is -2.33. The number of nitrogens with one attached hydrogen (secondary N) is 1. The second kappa shape index (κ2) is 7.01. The maximum Gasteiger partial charge on any atom is 0.341 e. The minimum atomic E-state index is -3.71. The quantitative estimate of drug-likeness (QED) is 0.770. The normalized spacial score (nSPS) is 22.6. The van der Waals surface area contributed by atoms with Crippen molar-refractivity contribution in [1.29, 1.82) is 0 Å². The summed E-state index contributed by atoms with van der Waals surface area (Å²) < 4.78 is 29.0. The highest BCUT2D eigenvalue weighted by molar-refractivity contribution is 7.88. The zero-order chi connectivity index (χ0) is 19.8. The van der Waals surface area contributed by atoms with Gasteiger partial charge in [0.15, 0.2) is 0 Å². The second-order valence-electron chi connectivity index (χ2n) is 6.84. The van der Waals surface area contributed by atoms with E-state index in [1.165, 1.54) is 0 Å². The van der Waals surface area contributed by atoms with Crippen molar-refractivity contribution in [3.05, 3.63) is 29.3 Å². The number of nitrogens with zero attached hydrogens (tertiary/aromatic N) is 2. The highest BCUT2D eigenvalue weighted by atomic mass is 32.2. The number of aryl methyl sites for hydroxylation is 1. The molecular weight excluding hydrogens is 374 g/mol. The van der Waals surface area contributed by atoms with E-state index in [0.29, 0.717) is 16.5 Å². The zero-order valence-corrected chi connectivity index (χ0v) is 16.1. The maximum absolute atomic E-state index is 12.4. The predicted octanol–water partition coefficient (Wildman–Crippen LogP) is 0.626. The number of amides is 4. The summed E-state index contributed by atoms with van der Waals surface area (Å²) in [5.74, 6) is 0.700. The van der Waals surface area contributed by atoms with Crippen LogP contribution in [0.2, 0.25) is 0 Å². The molecule has 1 heterocycles. The van der Waals surface area contributed by atoms with Crippen LogP contribution >= 0.6 is 0 Å². The van der Waals surface area contributed by atoms with Crippen molar-refractivity contribution < 1.29 is 27.9 Å². The number of methoxy groups -OCH3 is 1. The monoisotopic (exact) mass is 397 g/mol. The topological polar surface area (TPSA) is 116 Å². The van der Waals surface area contributed by atoms with Gasteiger partial charge in [-0.15, -0.1) is 0 Å². The molecule has 1 aromatic carbocycles. The number of hydrogen-bond donors (Lipinski definition) is 2. The Balaban J connectivity index is 1.70. The Labute approximate surface area is 157 Å². The lowest BCUT2D eigenvalue weighted by Crippen LogP contribution is -2.49. The Morgan fingerprint density at radius 3 is 2.74 bits per heavy atom. The molecule has 4 amide bonds. The molecule has 27 heavy (non-hydrogen) atoms. The van der Waals surface area contributed by atoms with Gasteiger partial charge in [-0.1, -0.05) is 6.07 Å². The standard InChI is InChI=1S/C17H23N3O6S/c1-26-13-5-6-14-12(10-13)4-3-7-17(14,23)11-18-15(21)19-8-9-20(16(19)22)27(2,24)25/h5-6,10,23H,3-4,7-9,11H2,1-2H3,(H,18,21). The number of aliphatic hydroxyl groups is 1. The Morgan fingerprint density at radius 1 is 1.37 bits per heavy atom. The third kappa shape index (κ3) is 3.72. The van der Waals surface area contributed by atoms with Crippen LogP contribution in [-0.4, -0.2) is 67.8 Å². The first-order chi connectivity index (χ1) is 12.7. The predicted molar refractivity (Wildman–Crippen MR) is 96.9 cm³/mol. The smallest absolute Gasteiger partial charge is 0.341 e. The Kier molecular flexibility index (Phi) is 5.04. The summed E-state index contributed by atoms with van der Waals surface area (Å²) in [7, 11) is -2.14. The summed E-state index contributed by atoms with van der Waals surface area (Å²) in [6, 6.07) is 3.81. The number of rotatable bonds is 4. The highest BCUT2D eigenvalue weighted by Gasteiger charge is 2.40. The van der Waals surface area contributed by atoms with Crippen molar-refractivity contribution in [3.8, 4) is 5.75 Å². The van der Waals surface area contributed by atoms with Crippen LogP contribution in [0.25, 0.3) is 0 Å². The van der Waals surface area contributed by atoms with E-state index in [2.05, 4.69) is 5.32 Å². The summed E-state index contributed by atoms with van der Waals surface area (Å²) >= 11 is 0. The van der Waals surface area contributed by atoms with Gasteiger partial charge in [0.25, 0.3) is 0 Å². The average Bonchev–Trinajstić information content (AvgIpc) is 3.01. The lowest BCUT2D eigenvalue weighted by Gasteiger charge is -2.35. The first-order valence-electron chi connectivity index (χ1n) is 8.62. The minimum Gasteiger partial charge on any atom is -0.497 e. The summed E-state index contributed by atoms with van der Waals surface area (Å²) in [5.41, 5.74) is 0.424. The molecule has 2 N–H and O–H groups in total. The Morgan fingerprint density at radius 2 is 2.11 bits per heavy atom. The van der Waals surface area contributed by atoms with Crippen LogP contribution in [0.1, 0.15) is 24.0 Å². The van der Waals surface area contributed by atoms with Crippen molar-refractivity contribution in [3.63, 3.8) is 0 Å². The molecule has 1 fully saturated rings. The third-order valence-electron chi connectivity index (χ3n) is 5.00. The van der Waals surface area contributed by atoms with E-state index in [-0.39, 0.29) is 19.6 Å². The molecule has 0 saturated carbocycles. The second-order valence-corrected chi connectivity index (χ2v) is 8.74. The summed E-state index contributed by atoms with van der Waals surface area (Å²) in [5, 5.41) is 13.6. The molecule has 1 saturated heterocycles. The number of urea groups is 2. The van der Waals surface area contributed by atoms with Gasteiger partial charge >= 0.3 is 12.1 Å². The fourth-order valence-corrected chi connectivity index (χ4v) is 4.37. The van der Waals surface area contributed by atoms with Crippen molar-refractivity contribution in [2.75, 3.05) is 33.0 Å². The van der Waals surface area contributed by atoms with Crippen molar-refractivity contribution >= 4 is 22.1 Å². The molecule has 148 valence electrons. The molecule has 10 heteroatoms. The number of fused-ring (bicyclic) bond motifs is 1. The first-order valence-corrected chi connectivity index (χ1v) is 10.5. The summed E-state index contributed by atoms with van der Waals surface area (Å²) in [6.07, 6.45) is 2.94. The molecule has 0 radical (unpaired) electrons. The molecule has 1 unspecified atom stereocenters. The van der Waals surface area contributed by atoms with Crippen molar-refractivity contribution in [1.82, 2.24) is 14.5 Å². The molecule has 1 atom stereocenters. The molecule has 3 rings (SSSR count). The largest absolute Gasteiger partial charge is 0.497 e. The van der Waals surface area contributed by atoms with Crippen LogP contribution < -0.4 is 10.1 Å². The molecule has 1 aliphatic carbocycles. The zero-order valence-electron chi connectivity index (χ0n) is 15.3. The first kappa shape index (κ1) is 19.4. The fraction of sp³-hybridized carbons (Fsp3) is 0.529. The molecule has 1 aliphatic heterocycles. The molecule has 9 nitrogen and oxygen atoms in total. The van der Waals surface area contributed by atoms with Crippen LogP contribution in [0.5, 0.6) is 5.75 Å². The molecular formula is C17H23N3O6S. The number of sulfonamides is 1. The van der Waals surface area contributed by atoms with Gasteiger partial charge in [0, 0.05) is 0 Å². The van der Waals surface area contributed by atoms with E-state index < -0.39 is 27.7 Å². The number of ether oxygens (including phenoxy) is 1. The van der Waals surface area contributed by atoms with Crippen molar-refractivity contribution in [2.24, 2.45) is 0 Å². The van der Waals surface area contributed by atoms with Crippen LogP contribution in [0.15, 0.2) is 18.2 Å². The third-order valence-corrected chi connectivity index (χ3v) is 6.14. The van der Waals surface area contributed by atoms with Crippen LogP contribution in [0.3, 0.4) is 0 Å². The van der Waals surface area contributed by atoms with Gasteiger partial charge in [-0.3, -0.25) is 0 Å². The van der Waals surface area contributed by atoms with E-state index in [1.54, 1.807) is 19.2 Å². The van der Waals surface area contributed by atoms with Crippen LogP contribution in [0.4, 0.5) is 9.59 Å². The van der Waals surface area contributed by atoms with E-state index in [1.807, 2.05) is 6.07 Å². The number of hydrogen-bond acceptors (Lipinski definition) is 6. The van der Waals surface area contributed by atoms with Gasteiger partial charge < -0.3 is 15.2 Å².